The lowest BCUT2D eigenvalue weighted by Gasteiger charge is -2.04. The van der Waals surface area contributed by atoms with Crippen LogP contribution in [0.4, 0.5) is 0 Å². The third kappa shape index (κ3) is 2.89. The molecule has 0 aliphatic heterocycles. The molecule has 0 fully saturated rings. The Bertz CT molecular complexity index is 250. The third-order valence-electron chi connectivity index (χ3n) is 1.69. The molecule has 1 unspecified atom stereocenters. The van der Waals surface area contributed by atoms with Crippen LogP contribution in [-0.4, -0.2) is 14.8 Å². The molecule has 0 spiro atoms. The normalized spacial score (nSPS) is 12.9. The molecule has 2 nitrogen and oxygen atoms in total. The van der Waals surface area contributed by atoms with Gasteiger partial charge in [0.05, 0.1) is 0 Å². The van der Waals surface area contributed by atoms with Crippen molar-refractivity contribution in [2.24, 2.45) is 0 Å². The van der Waals surface area contributed by atoms with Crippen molar-refractivity contribution in [2.45, 2.75) is 31.5 Å². The largest absolute Gasteiger partial charge is 0.241 e. The Balaban J connectivity index is 2.63. The fourth-order valence-corrected chi connectivity index (χ4v) is 1.23. The third-order valence-corrected chi connectivity index (χ3v) is 2.66. The highest BCUT2D eigenvalue weighted by Gasteiger charge is 2.04. The molecule has 0 amide bonds. The van der Waals surface area contributed by atoms with Crippen molar-refractivity contribution in [3.05, 3.63) is 23.8 Å². The molecule has 0 N–H and O–H groups in total. The summed E-state index contributed by atoms with van der Waals surface area (Å²) in [4.78, 5) is 9.01. The molecule has 0 radical (unpaired) electrons. The Morgan fingerprint density at radius 1 is 1.58 bits per heavy atom. The van der Waals surface area contributed by atoms with Crippen LogP contribution in [-0.2, 0) is 6.42 Å². The summed E-state index contributed by atoms with van der Waals surface area (Å²) < 4.78 is 0. The fourth-order valence-electron chi connectivity index (χ4n) is 0.942. The summed E-state index contributed by atoms with van der Waals surface area (Å²) in [5.74, 6) is 0.929. The maximum absolute atomic E-state index is 4.32. The van der Waals surface area contributed by atoms with E-state index in [1.165, 1.54) is 0 Å². The molecule has 1 aromatic rings. The van der Waals surface area contributed by atoms with E-state index in [0.29, 0.717) is 4.83 Å². The summed E-state index contributed by atoms with van der Waals surface area (Å²) in [5, 5.41) is 0. The molecule has 3 heteroatoms. The SMILES string of the molecule is CCC(Br)Cc1nccc(C)n1. The lowest BCUT2D eigenvalue weighted by molar-refractivity contribution is 0.775. The number of aromatic nitrogens is 2. The number of nitrogens with zero attached hydrogens (tertiary/aromatic N) is 2. The van der Waals surface area contributed by atoms with Crippen molar-refractivity contribution in [3.63, 3.8) is 0 Å². The van der Waals surface area contributed by atoms with Crippen LogP contribution >= 0.6 is 15.9 Å². The van der Waals surface area contributed by atoms with Crippen LogP contribution in [0.3, 0.4) is 0 Å². The van der Waals surface area contributed by atoms with Crippen molar-refractivity contribution in [2.75, 3.05) is 0 Å². The molecular weight excluding hydrogens is 216 g/mol. The topological polar surface area (TPSA) is 25.8 Å². The van der Waals surface area contributed by atoms with E-state index in [-0.39, 0.29) is 0 Å². The summed E-state index contributed by atoms with van der Waals surface area (Å²) in [7, 11) is 0. The Hall–Kier alpha value is -0.440. The van der Waals surface area contributed by atoms with Crippen molar-refractivity contribution in [3.8, 4) is 0 Å². The number of aryl methyl sites for hydroxylation is 1. The predicted molar refractivity (Wildman–Crippen MR) is 53.5 cm³/mol. The molecule has 12 heavy (non-hydrogen) atoms. The van der Waals surface area contributed by atoms with Gasteiger partial charge in [-0.3, -0.25) is 0 Å². The first kappa shape index (κ1) is 9.65. The predicted octanol–water partition coefficient (Wildman–Crippen LogP) is 2.50. The molecule has 1 rings (SSSR count). The minimum absolute atomic E-state index is 0.499. The number of halogens is 1. The highest BCUT2D eigenvalue weighted by molar-refractivity contribution is 9.09. The van der Waals surface area contributed by atoms with Crippen LogP contribution in [0.15, 0.2) is 12.3 Å². The number of hydrogen-bond donors (Lipinski definition) is 0. The van der Waals surface area contributed by atoms with Gasteiger partial charge >= 0.3 is 0 Å². The number of alkyl halides is 1. The Labute approximate surface area is 81.6 Å². The number of rotatable bonds is 3. The van der Waals surface area contributed by atoms with E-state index >= 15 is 0 Å². The van der Waals surface area contributed by atoms with Gasteiger partial charge in [0.25, 0.3) is 0 Å². The van der Waals surface area contributed by atoms with Gasteiger partial charge < -0.3 is 0 Å². The molecule has 0 aliphatic carbocycles. The first-order valence-electron chi connectivity index (χ1n) is 4.15. The fraction of sp³-hybridized carbons (Fsp3) is 0.556. The molecule has 0 bridgehead atoms. The van der Waals surface area contributed by atoms with Crippen molar-refractivity contribution >= 4 is 15.9 Å². The zero-order valence-electron chi connectivity index (χ0n) is 7.42. The van der Waals surface area contributed by atoms with Crippen LogP contribution in [0.5, 0.6) is 0 Å². The summed E-state index contributed by atoms with van der Waals surface area (Å²) >= 11 is 3.56. The summed E-state index contributed by atoms with van der Waals surface area (Å²) in [6.45, 7) is 4.13. The molecule has 1 aromatic heterocycles. The molecule has 66 valence electrons. The van der Waals surface area contributed by atoms with E-state index in [4.69, 9.17) is 0 Å². The van der Waals surface area contributed by atoms with E-state index in [2.05, 4.69) is 32.8 Å². The average Bonchev–Trinajstić information content (AvgIpc) is 2.04. The van der Waals surface area contributed by atoms with Crippen LogP contribution < -0.4 is 0 Å². The molecule has 0 saturated heterocycles. The monoisotopic (exact) mass is 228 g/mol. The van der Waals surface area contributed by atoms with Gasteiger partial charge in [-0.25, -0.2) is 9.97 Å². The van der Waals surface area contributed by atoms with E-state index in [1.807, 2.05) is 19.2 Å². The van der Waals surface area contributed by atoms with Gasteiger partial charge in [-0.05, 0) is 19.4 Å². The zero-order valence-corrected chi connectivity index (χ0v) is 9.00. The van der Waals surface area contributed by atoms with Gasteiger partial charge in [0, 0.05) is 23.1 Å². The van der Waals surface area contributed by atoms with Crippen molar-refractivity contribution in [1.82, 2.24) is 9.97 Å². The maximum Gasteiger partial charge on any atom is 0.129 e. The van der Waals surface area contributed by atoms with E-state index in [9.17, 15) is 0 Å². The van der Waals surface area contributed by atoms with E-state index < -0.39 is 0 Å². The second kappa shape index (κ2) is 4.55. The van der Waals surface area contributed by atoms with Gasteiger partial charge in [-0.15, -0.1) is 0 Å². The van der Waals surface area contributed by atoms with Crippen molar-refractivity contribution < 1.29 is 0 Å². The van der Waals surface area contributed by atoms with Gasteiger partial charge in [0.15, 0.2) is 0 Å². The smallest absolute Gasteiger partial charge is 0.129 e. The van der Waals surface area contributed by atoms with Gasteiger partial charge in [-0.2, -0.15) is 0 Å². The molecule has 1 atom stereocenters. The van der Waals surface area contributed by atoms with Gasteiger partial charge in [0.2, 0.25) is 0 Å². The maximum atomic E-state index is 4.32. The minimum Gasteiger partial charge on any atom is -0.241 e. The minimum atomic E-state index is 0.499. The highest BCUT2D eigenvalue weighted by Crippen LogP contribution is 2.09. The number of hydrogen-bond acceptors (Lipinski definition) is 2. The Kier molecular flexibility index (Phi) is 3.66. The van der Waals surface area contributed by atoms with E-state index in [0.717, 1.165) is 24.4 Å². The standard InChI is InChI=1S/C9H13BrN2/c1-3-8(10)6-9-11-5-4-7(2)12-9/h4-5,8H,3,6H2,1-2H3. The summed E-state index contributed by atoms with van der Waals surface area (Å²) in [6.07, 6.45) is 3.84. The van der Waals surface area contributed by atoms with Crippen LogP contribution in [0, 0.1) is 6.92 Å². The van der Waals surface area contributed by atoms with Crippen LogP contribution in [0.2, 0.25) is 0 Å². The zero-order chi connectivity index (χ0) is 8.97. The highest BCUT2D eigenvalue weighted by atomic mass is 79.9. The average molecular weight is 229 g/mol. The van der Waals surface area contributed by atoms with Crippen molar-refractivity contribution in [1.29, 1.82) is 0 Å². The quantitative estimate of drug-likeness (QED) is 0.744. The lowest BCUT2D eigenvalue weighted by atomic mass is 10.2. The molecule has 0 saturated carbocycles. The van der Waals surface area contributed by atoms with Gasteiger partial charge in [-0.1, -0.05) is 22.9 Å². The molecule has 0 aromatic carbocycles. The first-order valence-corrected chi connectivity index (χ1v) is 5.06. The summed E-state index contributed by atoms with van der Waals surface area (Å²) in [5.41, 5.74) is 1.04. The second-order valence-electron chi connectivity index (χ2n) is 2.82. The Morgan fingerprint density at radius 3 is 2.92 bits per heavy atom. The Morgan fingerprint density at radius 2 is 2.33 bits per heavy atom. The first-order chi connectivity index (χ1) is 5.72. The van der Waals surface area contributed by atoms with Crippen LogP contribution in [0.1, 0.15) is 24.9 Å². The summed E-state index contributed by atoms with van der Waals surface area (Å²) in [6, 6.07) is 1.92. The molecule has 1 heterocycles. The molecule has 0 aliphatic rings. The second-order valence-corrected chi connectivity index (χ2v) is 4.12. The van der Waals surface area contributed by atoms with Gasteiger partial charge in [0.1, 0.15) is 5.82 Å². The molecular formula is C9H13BrN2. The van der Waals surface area contributed by atoms with Crippen LogP contribution in [0.25, 0.3) is 0 Å². The lowest BCUT2D eigenvalue weighted by Crippen LogP contribution is -2.05. The van der Waals surface area contributed by atoms with E-state index in [1.54, 1.807) is 0 Å².